The molecular formula is C27H21F3N4O6. The van der Waals surface area contributed by atoms with Crippen molar-refractivity contribution in [2.75, 3.05) is 19.5 Å². The SMILES string of the molecule is COC(=O)Nc1nc2ccc(C3(OC(=O)C(F)(F)F)c4ccccc4C(=O)N3Cc3cccc(OC)c3)cc2[nH]1. The first-order valence-electron chi connectivity index (χ1n) is 11.8. The number of carbonyl (C=O) groups is 3. The van der Waals surface area contributed by atoms with Crippen LogP contribution in [0.15, 0.2) is 66.7 Å². The molecule has 0 bridgehead atoms. The number of hydrogen-bond donors (Lipinski definition) is 2. The molecule has 3 aromatic carbocycles. The second-order valence-corrected chi connectivity index (χ2v) is 8.75. The fourth-order valence-electron chi connectivity index (χ4n) is 4.64. The Morgan fingerprint density at radius 3 is 2.55 bits per heavy atom. The molecule has 0 saturated carbocycles. The molecule has 0 spiro atoms. The van der Waals surface area contributed by atoms with Gasteiger partial charge in [-0.3, -0.25) is 15.0 Å². The summed E-state index contributed by atoms with van der Waals surface area (Å²) in [6.45, 7) is -0.230. The Morgan fingerprint density at radius 2 is 1.82 bits per heavy atom. The van der Waals surface area contributed by atoms with E-state index in [2.05, 4.69) is 20.0 Å². The van der Waals surface area contributed by atoms with Crippen LogP contribution in [-0.4, -0.2) is 53.2 Å². The molecule has 1 aromatic heterocycles. The van der Waals surface area contributed by atoms with Crippen molar-refractivity contribution < 1.29 is 41.8 Å². The number of aromatic amines is 1. The van der Waals surface area contributed by atoms with E-state index >= 15 is 0 Å². The first kappa shape index (κ1) is 26.5. The normalized spacial score (nSPS) is 16.5. The summed E-state index contributed by atoms with van der Waals surface area (Å²) >= 11 is 0. The van der Waals surface area contributed by atoms with Gasteiger partial charge in [0.25, 0.3) is 5.91 Å². The van der Waals surface area contributed by atoms with Gasteiger partial charge in [0.2, 0.25) is 11.7 Å². The van der Waals surface area contributed by atoms with E-state index in [9.17, 15) is 27.6 Å². The average molecular weight is 554 g/mol. The van der Waals surface area contributed by atoms with Gasteiger partial charge in [0.05, 0.1) is 31.8 Å². The van der Waals surface area contributed by atoms with E-state index in [1.807, 2.05) is 0 Å². The van der Waals surface area contributed by atoms with Gasteiger partial charge in [-0.1, -0.05) is 36.4 Å². The van der Waals surface area contributed by atoms with E-state index in [-0.39, 0.29) is 34.7 Å². The lowest BCUT2D eigenvalue weighted by atomic mass is 9.92. The number of carbonyl (C=O) groups excluding carboxylic acids is 3. The molecule has 0 saturated heterocycles. The third-order valence-electron chi connectivity index (χ3n) is 6.37. The topological polar surface area (TPSA) is 123 Å². The third kappa shape index (κ3) is 4.55. The van der Waals surface area contributed by atoms with Crippen molar-refractivity contribution in [3.63, 3.8) is 0 Å². The van der Waals surface area contributed by atoms with Crippen molar-refractivity contribution in [2.24, 2.45) is 0 Å². The molecule has 1 atom stereocenters. The smallest absolute Gasteiger partial charge is 0.491 e. The number of rotatable bonds is 6. The molecule has 206 valence electrons. The summed E-state index contributed by atoms with van der Waals surface area (Å²) in [5.74, 6) is -2.66. The van der Waals surface area contributed by atoms with Crippen LogP contribution >= 0.6 is 0 Å². The first-order chi connectivity index (χ1) is 19.1. The Kier molecular flexibility index (Phi) is 6.57. The van der Waals surface area contributed by atoms with Crippen LogP contribution in [0, 0.1) is 0 Å². The number of benzene rings is 3. The van der Waals surface area contributed by atoms with Crippen LogP contribution in [0.4, 0.5) is 23.9 Å². The molecule has 5 rings (SSSR count). The third-order valence-corrected chi connectivity index (χ3v) is 6.37. The lowest BCUT2D eigenvalue weighted by molar-refractivity contribution is -0.222. The van der Waals surface area contributed by atoms with E-state index in [0.29, 0.717) is 16.8 Å². The first-order valence-corrected chi connectivity index (χ1v) is 11.8. The van der Waals surface area contributed by atoms with Crippen LogP contribution in [-0.2, 0) is 26.5 Å². The fraction of sp³-hybridized carbons (Fsp3) is 0.185. The Hall–Kier alpha value is -5.07. The maximum absolute atomic E-state index is 13.7. The molecular weight excluding hydrogens is 533 g/mol. The second kappa shape index (κ2) is 9.91. The number of H-pyrrole nitrogens is 1. The van der Waals surface area contributed by atoms with Gasteiger partial charge in [-0.2, -0.15) is 13.2 Å². The average Bonchev–Trinajstić information content (AvgIpc) is 3.44. The van der Waals surface area contributed by atoms with Crippen molar-refractivity contribution >= 4 is 35.0 Å². The maximum Gasteiger partial charge on any atom is 0.491 e. The van der Waals surface area contributed by atoms with Gasteiger partial charge in [0, 0.05) is 16.7 Å². The van der Waals surface area contributed by atoms with Crippen molar-refractivity contribution in [1.82, 2.24) is 14.9 Å². The largest absolute Gasteiger partial charge is 0.497 e. The number of nitrogens with zero attached hydrogens (tertiary/aromatic N) is 2. The number of ether oxygens (including phenoxy) is 3. The summed E-state index contributed by atoms with van der Waals surface area (Å²) in [6, 6.07) is 16.9. The quantitative estimate of drug-likeness (QED) is 0.331. The Labute approximate surface area is 224 Å². The zero-order valence-corrected chi connectivity index (χ0v) is 21.0. The number of imidazole rings is 1. The molecule has 40 heavy (non-hydrogen) atoms. The van der Waals surface area contributed by atoms with Gasteiger partial charge < -0.3 is 19.2 Å². The van der Waals surface area contributed by atoms with Crippen LogP contribution in [0.1, 0.15) is 27.0 Å². The minimum Gasteiger partial charge on any atom is -0.497 e. The molecule has 4 aromatic rings. The molecule has 0 radical (unpaired) electrons. The fourth-order valence-corrected chi connectivity index (χ4v) is 4.64. The van der Waals surface area contributed by atoms with Crippen LogP contribution < -0.4 is 10.1 Å². The van der Waals surface area contributed by atoms with Crippen molar-refractivity contribution in [2.45, 2.75) is 18.4 Å². The summed E-state index contributed by atoms with van der Waals surface area (Å²) in [6.07, 6.45) is -6.15. The minimum atomic E-state index is -5.36. The minimum absolute atomic E-state index is 0.0106. The number of methoxy groups -OCH3 is 2. The number of amides is 2. The highest BCUT2D eigenvalue weighted by atomic mass is 19.4. The van der Waals surface area contributed by atoms with Crippen molar-refractivity contribution in [3.05, 3.63) is 89.0 Å². The van der Waals surface area contributed by atoms with Gasteiger partial charge in [-0.15, -0.1) is 0 Å². The van der Waals surface area contributed by atoms with E-state index in [1.54, 1.807) is 30.3 Å². The monoisotopic (exact) mass is 554 g/mol. The lowest BCUT2D eigenvalue weighted by Gasteiger charge is -2.39. The molecule has 13 heteroatoms. The molecule has 0 aliphatic carbocycles. The van der Waals surface area contributed by atoms with E-state index in [1.165, 1.54) is 50.6 Å². The molecule has 2 heterocycles. The summed E-state index contributed by atoms with van der Waals surface area (Å²) in [4.78, 5) is 45.9. The highest BCUT2D eigenvalue weighted by molar-refractivity contribution is 6.01. The molecule has 1 aliphatic rings. The number of alkyl halides is 3. The Bertz CT molecular complexity index is 1640. The zero-order chi connectivity index (χ0) is 28.7. The number of nitrogens with one attached hydrogen (secondary N) is 2. The maximum atomic E-state index is 13.7. The second-order valence-electron chi connectivity index (χ2n) is 8.75. The van der Waals surface area contributed by atoms with E-state index in [4.69, 9.17) is 9.47 Å². The van der Waals surface area contributed by atoms with E-state index < -0.39 is 29.9 Å². The number of hydrogen-bond acceptors (Lipinski definition) is 7. The Balaban J connectivity index is 1.72. The van der Waals surface area contributed by atoms with Gasteiger partial charge in [0.15, 0.2) is 0 Å². The van der Waals surface area contributed by atoms with Gasteiger partial charge in [-0.25, -0.2) is 14.6 Å². The Morgan fingerprint density at radius 1 is 1.05 bits per heavy atom. The van der Waals surface area contributed by atoms with E-state index in [0.717, 1.165) is 4.90 Å². The summed E-state index contributed by atoms with van der Waals surface area (Å²) < 4.78 is 56.1. The van der Waals surface area contributed by atoms with Crippen LogP contribution in [0.2, 0.25) is 0 Å². The molecule has 1 unspecified atom stereocenters. The molecule has 2 N–H and O–H groups in total. The van der Waals surface area contributed by atoms with Gasteiger partial charge in [-0.05, 0) is 35.9 Å². The highest BCUT2D eigenvalue weighted by Crippen LogP contribution is 2.47. The summed E-state index contributed by atoms with van der Waals surface area (Å²) in [5.41, 5.74) is -1.02. The van der Waals surface area contributed by atoms with Crippen LogP contribution in [0.5, 0.6) is 5.75 Å². The van der Waals surface area contributed by atoms with Crippen molar-refractivity contribution in [3.8, 4) is 5.75 Å². The predicted molar refractivity (Wildman–Crippen MR) is 134 cm³/mol. The highest BCUT2D eigenvalue weighted by Gasteiger charge is 2.57. The number of esters is 1. The predicted octanol–water partition coefficient (Wildman–Crippen LogP) is 4.71. The number of fused-ring (bicyclic) bond motifs is 2. The lowest BCUT2D eigenvalue weighted by Crippen LogP contribution is -2.49. The zero-order valence-electron chi connectivity index (χ0n) is 21.0. The van der Waals surface area contributed by atoms with Gasteiger partial charge in [0.1, 0.15) is 5.75 Å². The van der Waals surface area contributed by atoms with Crippen LogP contribution in [0.25, 0.3) is 11.0 Å². The molecule has 2 amide bonds. The van der Waals surface area contributed by atoms with Crippen LogP contribution in [0.3, 0.4) is 0 Å². The summed E-state index contributed by atoms with van der Waals surface area (Å²) in [7, 11) is 2.62. The summed E-state index contributed by atoms with van der Waals surface area (Å²) in [5, 5.41) is 2.37. The van der Waals surface area contributed by atoms with Gasteiger partial charge >= 0.3 is 18.2 Å². The molecule has 1 aliphatic heterocycles. The number of aromatic nitrogens is 2. The standard InChI is InChI=1S/C27H21F3N4O6/c1-38-17-7-5-6-15(12-17)14-34-22(35)18-8-3-4-9-19(18)26(34,40-23(36)27(28,29)30)16-10-11-20-21(13-16)32-24(31-20)33-25(37)39-2/h3-13H,14H2,1-2H3,(H2,31,32,33,37). The number of anilines is 1. The number of halogens is 3. The molecule has 0 fully saturated rings. The van der Waals surface area contributed by atoms with Crippen molar-refractivity contribution in [1.29, 1.82) is 0 Å². The molecule has 10 nitrogen and oxygen atoms in total.